The molecule has 0 aliphatic rings. The van der Waals surface area contributed by atoms with Gasteiger partial charge in [-0.25, -0.2) is 4.98 Å². The Balaban J connectivity index is 1.66. The van der Waals surface area contributed by atoms with E-state index in [1.807, 2.05) is 72.3 Å². The average molecular weight is 367 g/mol. The van der Waals surface area contributed by atoms with E-state index in [4.69, 9.17) is 0 Å². The van der Waals surface area contributed by atoms with Crippen LogP contribution in [-0.2, 0) is 17.9 Å². The lowest BCUT2D eigenvalue weighted by molar-refractivity contribution is -0.113. The first-order valence-electron chi connectivity index (χ1n) is 8.35. The van der Waals surface area contributed by atoms with Gasteiger partial charge in [0.2, 0.25) is 5.91 Å². The number of benzene rings is 2. The lowest BCUT2D eigenvalue weighted by Crippen LogP contribution is -2.15. The largest absolute Gasteiger partial charge is 0.390 e. The predicted octanol–water partition coefficient (Wildman–Crippen LogP) is 3.46. The second-order valence-corrected chi connectivity index (χ2v) is 6.88. The van der Waals surface area contributed by atoms with Crippen molar-refractivity contribution in [2.24, 2.45) is 0 Å². The topological polar surface area (TPSA) is 67.2 Å². The zero-order chi connectivity index (χ0) is 18.4. The van der Waals surface area contributed by atoms with Crippen molar-refractivity contribution in [3.8, 4) is 0 Å². The Bertz CT molecular complexity index is 878. The zero-order valence-electron chi connectivity index (χ0n) is 14.6. The van der Waals surface area contributed by atoms with E-state index in [-0.39, 0.29) is 18.3 Å². The van der Waals surface area contributed by atoms with Gasteiger partial charge in [0.15, 0.2) is 5.16 Å². The van der Waals surface area contributed by atoms with Crippen molar-refractivity contribution < 1.29 is 9.90 Å². The number of aromatic nitrogens is 2. The third kappa shape index (κ3) is 4.74. The maximum Gasteiger partial charge on any atom is 0.234 e. The molecule has 3 aromatic rings. The molecule has 0 bridgehead atoms. The number of hydrogen-bond donors (Lipinski definition) is 2. The van der Waals surface area contributed by atoms with Crippen LogP contribution in [0.25, 0.3) is 0 Å². The number of carbonyl (C=O) groups is 1. The Morgan fingerprint density at radius 3 is 2.62 bits per heavy atom. The molecule has 0 atom stereocenters. The van der Waals surface area contributed by atoms with Gasteiger partial charge in [-0.2, -0.15) is 0 Å². The molecule has 0 aliphatic heterocycles. The van der Waals surface area contributed by atoms with Crippen LogP contribution in [0, 0.1) is 6.92 Å². The van der Waals surface area contributed by atoms with E-state index in [0.717, 1.165) is 22.0 Å². The van der Waals surface area contributed by atoms with Crippen LogP contribution in [0.2, 0.25) is 0 Å². The van der Waals surface area contributed by atoms with Crippen LogP contribution in [0.5, 0.6) is 0 Å². The van der Waals surface area contributed by atoms with Crippen LogP contribution in [0.3, 0.4) is 0 Å². The molecule has 6 heteroatoms. The molecule has 134 valence electrons. The minimum Gasteiger partial charge on any atom is -0.390 e. The van der Waals surface area contributed by atoms with Gasteiger partial charge in [-0.15, -0.1) is 0 Å². The number of nitrogens with zero attached hydrogens (tertiary/aromatic N) is 2. The molecule has 0 fully saturated rings. The summed E-state index contributed by atoms with van der Waals surface area (Å²) in [5, 5.41) is 13.0. The highest BCUT2D eigenvalue weighted by Crippen LogP contribution is 2.20. The molecule has 26 heavy (non-hydrogen) atoms. The highest BCUT2D eigenvalue weighted by Gasteiger charge is 2.12. The van der Waals surface area contributed by atoms with Crippen LogP contribution in [-0.4, -0.2) is 26.3 Å². The summed E-state index contributed by atoms with van der Waals surface area (Å²) in [6.07, 6.45) is 1.83. The Kier molecular flexibility index (Phi) is 6.09. The normalized spacial score (nSPS) is 10.7. The number of carbonyl (C=O) groups excluding carboxylic acids is 1. The van der Waals surface area contributed by atoms with Gasteiger partial charge >= 0.3 is 0 Å². The number of aliphatic hydroxyl groups excluding tert-OH is 1. The molecule has 2 N–H and O–H groups in total. The molecular formula is C20H21N3O2S. The molecule has 1 heterocycles. The third-order valence-electron chi connectivity index (χ3n) is 3.90. The van der Waals surface area contributed by atoms with Crippen molar-refractivity contribution >= 4 is 23.4 Å². The number of aliphatic hydroxyl groups is 1. The smallest absolute Gasteiger partial charge is 0.234 e. The minimum atomic E-state index is -0.120. The van der Waals surface area contributed by atoms with Gasteiger partial charge in [0, 0.05) is 18.4 Å². The fourth-order valence-corrected chi connectivity index (χ4v) is 3.36. The van der Waals surface area contributed by atoms with Crippen LogP contribution in [0.15, 0.2) is 66.0 Å². The van der Waals surface area contributed by atoms with Gasteiger partial charge < -0.3 is 15.0 Å². The van der Waals surface area contributed by atoms with Gasteiger partial charge in [-0.3, -0.25) is 4.79 Å². The van der Waals surface area contributed by atoms with Crippen molar-refractivity contribution in [3.63, 3.8) is 0 Å². The molecule has 0 radical (unpaired) electrons. The Labute approximate surface area is 157 Å². The van der Waals surface area contributed by atoms with Gasteiger partial charge in [0.25, 0.3) is 0 Å². The Hall–Kier alpha value is -2.57. The molecule has 5 nitrogen and oxygen atoms in total. The van der Waals surface area contributed by atoms with Crippen molar-refractivity contribution in [2.75, 3.05) is 11.1 Å². The highest BCUT2D eigenvalue weighted by atomic mass is 32.2. The first-order chi connectivity index (χ1) is 12.7. The van der Waals surface area contributed by atoms with E-state index in [2.05, 4.69) is 10.3 Å². The maximum atomic E-state index is 12.3. The van der Waals surface area contributed by atoms with Crippen molar-refractivity contribution in [1.82, 2.24) is 9.55 Å². The lowest BCUT2D eigenvalue weighted by Gasteiger charge is -2.09. The summed E-state index contributed by atoms with van der Waals surface area (Å²) in [5.41, 5.74) is 3.59. The summed E-state index contributed by atoms with van der Waals surface area (Å²) in [4.78, 5) is 16.7. The molecular weight excluding hydrogens is 346 g/mol. The number of hydrogen-bond acceptors (Lipinski definition) is 4. The zero-order valence-corrected chi connectivity index (χ0v) is 15.4. The molecule has 0 saturated carbocycles. The Morgan fingerprint density at radius 1 is 1.15 bits per heavy atom. The summed E-state index contributed by atoms with van der Waals surface area (Å²) >= 11 is 1.36. The summed E-state index contributed by atoms with van der Waals surface area (Å²) < 4.78 is 1.96. The second kappa shape index (κ2) is 8.69. The number of imidazole rings is 1. The maximum absolute atomic E-state index is 12.3. The average Bonchev–Trinajstić information content (AvgIpc) is 3.05. The van der Waals surface area contributed by atoms with E-state index >= 15 is 0 Å². The molecule has 3 rings (SSSR count). The van der Waals surface area contributed by atoms with Crippen LogP contribution >= 0.6 is 11.8 Å². The summed E-state index contributed by atoms with van der Waals surface area (Å²) in [6, 6.07) is 17.7. The molecule has 1 amide bonds. The number of amides is 1. The Morgan fingerprint density at radius 2 is 1.88 bits per heavy atom. The summed E-state index contributed by atoms with van der Waals surface area (Å²) in [7, 11) is 0. The van der Waals surface area contributed by atoms with Crippen molar-refractivity contribution in [2.45, 2.75) is 25.2 Å². The molecule has 0 saturated heterocycles. The lowest BCUT2D eigenvalue weighted by atomic mass is 10.2. The number of anilines is 1. The highest BCUT2D eigenvalue weighted by molar-refractivity contribution is 7.99. The quantitative estimate of drug-likeness (QED) is 0.628. The molecule has 1 aromatic heterocycles. The molecule has 0 spiro atoms. The number of rotatable bonds is 7. The number of nitrogens with one attached hydrogen (secondary N) is 1. The van der Waals surface area contributed by atoms with Gasteiger partial charge in [0.1, 0.15) is 0 Å². The number of thioether (sulfide) groups is 1. The SMILES string of the molecule is Cc1ccccc1NC(=O)CSc1nc(CO)cn1Cc1ccccc1. The van der Waals surface area contributed by atoms with E-state index < -0.39 is 0 Å². The fourth-order valence-electron chi connectivity index (χ4n) is 2.57. The van der Waals surface area contributed by atoms with Crippen LogP contribution in [0.4, 0.5) is 5.69 Å². The standard InChI is InChI=1S/C20H21N3O2S/c1-15-7-5-6-10-18(15)22-19(25)14-26-20-21-17(13-24)12-23(20)11-16-8-3-2-4-9-16/h2-10,12,24H,11,13-14H2,1H3,(H,22,25). The van der Waals surface area contributed by atoms with Crippen molar-refractivity contribution in [1.29, 1.82) is 0 Å². The minimum absolute atomic E-state index is 0.0795. The summed E-state index contributed by atoms with van der Waals surface area (Å²) in [5.74, 6) is 0.175. The van der Waals surface area contributed by atoms with E-state index in [0.29, 0.717) is 12.2 Å². The predicted molar refractivity (Wildman–Crippen MR) is 104 cm³/mol. The monoisotopic (exact) mass is 367 g/mol. The van der Waals surface area contributed by atoms with E-state index in [1.165, 1.54) is 11.8 Å². The molecule has 0 aliphatic carbocycles. The molecule has 0 unspecified atom stereocenters. The van der Waals surface area contributed by atoms with Gasteiger partial charge in [-0.05, 0) is 24.1 Å². The van der Waals surface area contributed by atoms with Gasteiger partial charge in [-0.1, -0.05) is 60.3 Å². The first-order valence-corrected chi connectivity index (χ1v) is 9.33. The first kappa shape index (κ1) is 18.2. The van der Waals surface area contributed by atoms with Gasteiger partial charge in [0.05, 0.1) is 18.1 Å². The van der Waals surface area contributed by atoms with Crippen LogP contribution in [0.1, 0.15) is 16.8 Å². The molecule has 2 aromatic carbocycles. The second-order valence-electron chi connectivity index (χ2n) is 5.94. The van der Waals surface area contributed by atoms with E-state index in [1.54, 1.807) is 0 Å². The fraction of sp³-hybridized carbons (Fsp3) is 0.200. The third-order valence-corrected chi connectivity index (χ3v) is 4.89. The van der Waals surface area contributed by atoms with E-state index in [9.17, 15) is 9.90 Å². The number of aryl methyl sites for hydroxylation is 1. The summed E-state index contributed by atoms with van der Waals surface area (Å²) in [6.45, 7) is 2.49. The van der Waals surface area contributed by atoms with Crippen LogP contribution < -0.4 is 5.32 Å². The number of para-hydroxylation sites is 1. The van der Waals surface area contributed by atoms with Crippen molar-refractivity contribution in [3.05, 3.63) is 77.6 Å².